The maximum atomic E-state index is 13.7. The Labute approximate surface area is 133 Å². The van der Waals surface area contributed by atoms with Crippen LogP contribution in [0.2, 0.25) is 0 Å². The number of hydrogen-bond donors (Lipinski definition) is 1. The summed E-state index contributed by atoms with van der Waals surface area (Å²) in [4.78, 5) is 16.1. The predicted molar refractivity (Wildman–Crippen MR) is 85.3 cm³/mol. The van der Waals surface area contributed by atoms with Crippen molar-refractivity contribution < 1.29 is 13.9 Å². The molecule has 0 fully saturated rings. The van der Waals surface area contributed by atoms with Crippen molar-refractivity contribution in [2.45, 2.75) is 19.3 Å². The van der Waals surface area contributed by atoms with Gasteiger partial charge in [0.05, 0.1) is 5.69 Å². The second kappa shape index (κ2) is 8.60. The van der Waals surface area contributed by atoms with E-state index in [2.05, 4.69) is 10.3 Å². The average molecular weight is 322 g/mol. The Kier molecular flexibility index (Phi) is 6.48. The fourth-order valence-corrected chi connectivity index (χ4v) is 2.84. The van der Waals surface area contributed by atoms with Crippen LogP contribution in [-0.4, -0.2) is 31.2 Å². The highest BCUT2D eigenvalue weighted by molar-refractivity contribution is 7.13. The van der Waals surface area contributed by atoms with Gasteiger partial charge in [0.25, 0.3) is 0 Å². The summed E-state index contributed by atoms with van der Waals surface area (Å²) < 4.78 is 18.6. The molecule has 2 rings (SSSR count). The number of rotatable bonds is 8. The molecule has 4 nitrogen and oxygen atoms in total. The molecule has 0 aliphatic heterocycles. The Hall–Kier alpha value is -1.79. The molecule has 1 aromatic carbocycles. The van der Waals surface area contributed by atoms with E-state index in [1.807, 2.05) is 5.38 Å². The van der Waals surface area contributed by atoms with Crippen molar-refractivity contribution in [1.82, 2.24) is 10.3 Å². The van der Waals surface area contributed by atoms with Gasteiger partial charge < -0.3 is 10.1 Å². The Balaban J connectivity index is 1.83. The second-order valence-corrected chi connectivity index (χ2v) is 5.68. The number of hydrogen-bond acceptors (Lipinski definition) is 4. The topological polar surface area (TPSA) is 51.2 Å². The molecule has 1 N–H and O–H groups in total. The maximum Gasteiger partial charge on any atom is 0.220 e. The fraction of sp³-hybridized carbons (Fsp3) is 0.375. The van der Waals surface area contributed by atoms with Crippen LogP contribution in [0.3, 0.4) is 0 Å². The Morgan fingerprint density at radius 3 is 3.00 bits per heavy atom. The van der Waals surface area contributed by atoms with Crippen LogP contribution in [0.25, 0.3) is 10.6 Å². The van der Waals surface area contributed by atoms with Crippen LogP contribution in [0.1, 0.15) is 18.5 Å². The highest BCUT2D eigenvalue weighted by Gasteiger charge is 2.10. The summed E-state index contributed by atoms with van der Waals surface area (Å²) in [5.41, 5.74) is 1.32. The number of amides is 1. The van der Waals surface area contributed by atoms with Gasteiger partial charge in [0, 0.05) is 37.6 Å². The monoisotopic (exact) mass is 322 g/mol. The number of nitrogens with one attached hydrogen (secondary N) is 1. The summed E-state index contributed by atoms with van der Waals surface area (Å²) in [5, 5.41) is 5.35. The number of ether oxygens (including phenoxy) is 1. The van der Waals surface area contributed by atoms with E-state index < -0.39 is 0 Å². The molecule has 0 atom stereocenters. The molecule has 0 spiro atoms. The summed E-state index contributed by atoms with van der Waals surface area (Å²) in [5.74, 6) is -0.282. The Bertz CT molecular complexity index is 616. The van der Waals surface area contributed by atoms with Gasteiger partial charge in [-0.3, -0.25) is 4.79 Å². The summed E-state index contributed by atoms with van der Waals surface area (Å²) in [6, 6.07) is 6.57. The molecule has 1 aromatic heterocycles. The minimum absolute atomic E-state index is 0.00320. The first kappa shape index (κ1) is 16.6. The normalized spacial score (nSPS) is 10.6. The van der Waals surface area contributed by atoms with Crippen LogP contribution in [0.4, 0.5) is 4.39 Å². The summed E-state index contributed by atoms with van der Waals surface area (Å²) in [6.07, 6.45) is 1.74. The fourth-order valence-electron chi connectivity index (χ4n) is 1.95. The second-order valence-electron chi connectivity index (χ2n) is 4.82. The highest BCUT2D eigenvalue weighted by atomic mass is 32.1. The minimum Gasteiger partial charge on any atom is -0.385 e. The first-order valence-electron chi connectivity index (χ1n) is 7.15. The van der Waals surface area contributed by atoms with Crippen LogP contribution in [0, 0.1) is 5.82 Å². The standard InChI is InChI=1S/C16H19FN2O2S/c1-21-10-4-9-18-15(20)8-7-12-11-22-16(19-12)13-5-2-3-6-14(13)17/h2-3,5-6,11H,4,7-10H2,1H3,(H,18,20). The van der Waals surface area contributed by atoms with Gasteiger partial charge in [-0.25, -0.2) is 9.37 Å². The number of aryl methyl sites for hydroxylation is 1. The summed E-state index contributed by atoms with van der Waals surface area (Å²) in [6.45, 7) is 1.25. The van der Waals surface area contributed by atoms with Crippen LogP contribution >= 0.6 is 11.3 Å². The first-order chi connectivity index (χ1) is 10.7. The van der Waals surface area contributed by atoms with Gasteiger partial charge in [-0.1, -0.05) is 12.1 Å². The number of aromatic nitrogens is 1. The van der Waals surface area contributed by atoms with Crippen molar-refractivity contribution in [3.05, 3.63) is 41.2 Å². The third-order valence-corrected chi connectivity index (χ3v) is 4.04. The van der Waals surface area contributed by atoms with E-state index in [-0.39, 0.29) is 11.7 Å². The zero-order valence-electron chi connectivity index (χ0n) is 12.5. The van der Waals surface area contributed by atoms with Gasteiger partial charge in [-0.15, -0.1) is 11.3 Å². The minimum atomic E-state index is -0.278. The van der Waals surface area contributed by atoms with Gasteiger partial charge in [0.15, 0.2) is 0 Å². The van der Waals surface area contributed by atoms with Crippen LogP contribution in [0.5, 0.6) is 0 Å². The van der Waals surface area contributed by atoms with E-state index in [0.29, 0.717) is 36.6 Å². The van der Waals surface area contributed by atoms with Crippen molar-refractivity contribution in [2.24, 2.45) is 0 Å². The van der Waals surface area contributed by atoms with Crippen molar-refractivity contribution in [3.8, 4) is 10.6 Å². The van der Waals surface area contributed by atoms with Gasteiger partial charge >= 0.3 is 0 Å². The van der Waals surface area contributed by atoms with Crippen LogP contribution in [0.15, 0.2) is 29.6 Å². The molecule has 0 aliphatic rings. The zero-order valence-corrected chi connectivity index (χ0v) is 13.3. The Morgan fingerprint density at radius 2 is 2.23 bits per heavy atom. The molecule has 0 aliphatic carbocycles. The molecular weight excluding hydrogens is 303 g/mol. The number of carbonyl (C=O) groups is 1. The number of carbonyl (C=O) groups excluding carboxylic acids is 1. The van der Waals surface area contributed by atoms with Gasteiger partial charge in [0.2, 0.25) is 5.91 Å². The molecule has 1 heterocycles. The van der Waals surface area contributed by atoms with E-state index in [9.17, 15) is 9.18 Å². The number of nitrogens with zero attached hydrogens (tertiary/aromatic N) is 1. The number of halogens is 1. The van der Waals surface area contributed by atoms with E-state index >= 15 is 0 Å². The summed E-state index contributed by atoms with van der Waals surface area (Å²) in [7, 11) is 1.64. The van der Waals surface area contributed by atoms with Crippen LogP contribution in [-0.2, 0) is 16.0 Å². The smallest absolute Gasteiger partial charge is 0.220 e. The van der Waals surface area contributed by atoms with Crippen molar-refractivity contribution in [1.29, 1.82) is 0 Å². The number of methoxy groups -OCH3 is 1. The van der Waals surface area contributed by atoms with Crippen molar-refractivity contribution in [2.75, 3.05) is 20.3 Å². The molecule has 1 amide bonds. The Morgan fingerprint density at radius 1 is 1.41 bits per heavy atom. The molecule has 0 saturated carbocycles. The maximum absolute atomic E-state index is 13.7. The van der Waals surface area contributed by atoms with E-state index in [1.165, 1.54) is 17.4 Å². The predicted octanol–water partition coefficient (Wildman–Crippen LogP) is 3.03. The van der Waals surface area contributed by atoms with E-state index in [0.717, 1.165) is 12.1 Å². The first-order valence-corrected chi connectivity index (χ1v) is 8.03. The lowest BCUT2D eigenvalue weighted by atomic mass is 10.2. The zero-order chi connectivity index (χ0) is 15.8. The van der Waals surface area contributed by atoms with Gasteiger partial charge in [0.1, 0.15) is 10.8 Å². The molecular formula is C16H19FN2O2S. The van der Waals surface area contributed by atoms with Crippen molar-refractivity contribution >= 4 is 17.2 Å². The third kappa shape index (κ3) is 4.89. The molecule has 0 bridgehead atoms. The molecule has 0 unspecified atom stereocenters. The van der Waals surface area contributed by atoms with Crippen molar-refractivity contribution in [3.63, 3.8) is 0 Å². The SMILES string of the molecule is COCCCNC(=O)CCc1csc(-c2ccccc2F)n1. The summed E-state index contributed by atoms with van der Waals surface area (Å²) >= 11 is 1.39. The number of thiazole rings is 1. The third-order valence-electron chi connectivity index (χ3n) is 3.11. The average Bonchev–Trinajstić information content (AvgIpc) is 2.99. The molecule has 2 aromatic rings. The quantitative estimate of drug-likeness (QED) is 0.760. The van der Waals surface area contributed by atoms with Crippen LogP contribution < -0.4 is 5.32 Å². The van der Waals surface area contributed by atoms with Gasteiger partial charge in [-0.05, 0) is 25.0 Å². The number of benzene rings is 1. The molecule has 118 valence electrons. The lowest BCUT2D eigenvalue weighted by Crippen LogP contribution is -2.25. The largest absolute Gasteiger partial charge is 0.385 e. The van der Waals surface area contributed by atoms with E-state index in [1.54, 1.807) is 25.3 Å². The van der Waals surface area contributed by atoms with E-state index in [4.69, 9.17) is 4.74 Å². The molecule has 22 heavy (non-hydrogen) atoms. The van der Waals surface area contributed by atoms with Gasteiger partial charge in [-0.2, -0.15) is 0 Å². The molecule has 0 radical (unpaired) electrons. The molecule has 0 saturated heterocycles. The lowest BCUT2D eigenvalue weighted by Gasteiger charge is -2.03. The lowest BCUT2D eigenvalue weighted by molar-refractivity contribution is -0.121. The highest BCUT2D eigenvalue weighted by Crippen LogP contribution is 2.26. The molecule has 6 heteroatoms.